The average molecular weight is 552 g/mol. The van der Waals surface area contributed by atoms with E-state index in [4.69, 9.17) is 11.6 Å². The van der Waals surface area contributed by atoms with Crippen LogP contribution in [0, 0.1) is 0 Å². The van der Waals surface area contributed by atoms with Crippen molar-refractivity contribution in [3.05, 3.63) is 106 Å². The molecule has 0 atom stereocenters. The molecule has 0 unspecified atom stereocenters. The lowest BCUT2D eigenvalue weighted by molar-refractivity contribution is -0.137. The molecule has 0 aliphatic heterocycles. The van der Waals surface area contributed by atoms with E-state index in [2.05, 4.69) is 10.3 Å². The smallest absolute Gasteiger partial charge is 0.298 e. The fourth-order valence-electron chi connectivity index (χ4n) is 3.32. The van der Waals surface area contributed by atoms with Gasteiger partial charge in [-0.15, -0.1) is 11.3 Å². The first kappa shape index (κ1) is 25.7. The SMILES string of the molecule is O=C(Nc1nccs1)c1ccc(Cl)c(S(=O)(=O)N(Cc2ccccc2)c2cccc(C(F)(F)F)c2)c1. The molecule has 1 N–H and O–H groups in total. The van der Waals surface area contributed by atoms with E-state index in [1.807, 2.05) is 0 Å². The van der Waals surface area contributed by atoms with Crippen molar-refractivity contribution in [1.82, 2.24) is 4.98 Å². The van der Waals surface area contributed by atoms with E-state index in [1.54, 1.807) is 35.7 Å². The summed E-state index contributed by atoms with van der Waals surface area (Å²) in [6.07, 6.45) is -3.18. The number of hydrogen-bond acceptors (Lipinski definition) is 5. The van der Waals surface area contributed by atoms with E-state index in [0.29, 0.717) is 10.7 Å². The quantitative estimate of drug-likeness (QED) is 0.286. The Morgan fingerprint density at radius 2 is 1.78 bits per heavy atom. The Balaban J connectivity index is 1.79. The number of anilines is 2. The molecule has 0 bridgehead atoms. The topological polar surface area (TPSA) is 79.4 Å². The third-order valence-electron chi connectivity index (χ3n) is 5.04. The summed E-state index contributed by atoms with van der Waals surface area (Å²) in [6.45, 7) is -0.268. The van der Waals surface area contributed by atoms with Crippen LogP contribution < -0.4 is 9.62 Å². The molecule has 6 nitrogen and oxygen atoms in total. The molecule has 1 amide bonds. The minimum Gasteiger partial charge on any atom is -0.298 e. The maximum absolute atomic E-state index is 13.8. The second-order valence-corrected chi connectivity index (χ2v) is 10.6. The van der Waals surface area contributed by atoms with Crippen LogP contribution in [0.4, 0.5) is 24.0 Å². The first-order valence-corrected chi connectivity index (χ1v) is 13.0. The number of aromatic nitrogens is 1. The number of carbonyl (C=O) groups excluding carboxylic acids is 1. The van der Waals surface area contributed by atoms with E-state index < -0.39 is 32.6 Å². The second-order valence-electron chi connectivity index (χ2n) is 7.48. The van der Waals surface area contributed by atoms with Gasteiger partial charge in [0.15, 0.2) is 5.13 Å². The van der Waals surface area contributed by atoms with Gasteiger partial charge in [0, 0.05) is 17.1 Å². The minimum atomic E-state index is -4.68. The Kier molecular flexibility index (Phi) is 7.34. The van der Waals surface area contributed by atoms with E-state index in [0.717, 1.165) is 28.6 Å². The van der Waals surface area contributed by atoms with E-state index in [9.17, 15) is 26.4 Å². The number of halogens is 4. The van der Waals surface area contributed by atoms with Crippen molar-refractivity contribution < 1.29 is 26.4 Å². The molecule has 0 radical (unpaired) electrons. The van der Waals surface area contributed by atoms with Gasteiger partial charge in [0.2, 0.25) is 0 Å². The van der Waals surface area contributed by atoms with Crippen LogP contribution in [0.3, 0.4) is 0 Å². The second kappa shape index (κ2) is 10.3. The highest BCUT2D eigenvalue weighted by atomic mass is 35.5. The number of hydrogen-bond donors (Lipinski definition) is 1. The molecule has 4 rings (SSSR count). The zero-order valence-corrected chi connectivity index (χ0v) is 20.6. The third-order valence-corrected chi connectivity index (χ3v) is 7.99. The molecular weight excluding hydrogens is 535 g/mol. The number of carbonyl (C=O) groups is 1. The van der Waals surface area contributed by atoms with Crippen molar-refractivity contribution in [2.45, 2.75) is 17.6 Å². The summed E-state index contributed by atoms with van der Waals surface area (Å²) < 4.78 is 68.7. The van der Waals surface area contributed by atoms with Gasteiger partial charge in [-0.2, -0.15) is 13.2 Å². The van der Waals surface area contributed by atoms with Crippen LogP contribution in [0.5, 0.6) is 0 Å². The lowest BCUT2D eigenvalue weighted by Gasteiger charge is -2.26. The van der Waals surface area contributed by atoms with Crippen molar-refractivity contribution >= 4 is 49.7 Å². The number of thiazole rings is 1. The number of sulfonamides is 1. The monoisotopic (exact) mass is 551 g/mol. The van der Waals surface area contributed by atoms with Gasteiger partial charge in [-0.25, -0.2) is 13.4 Å². The van der Waals surface area contributed by atoms with E-state index >= 15 is 0 Å². The molecule has 4 aromatic rings. The number of alkyl halides is 3. The first-order valence-electron chi connectivity index (χ1n) is 10.3. The van der Waals surface area contributed by atoms with Gasteiger partial charge >= 0.3 is 6.18 Å². The molecule has 0 aliphatic carbocycles. The Bertz CT molecular complexity index is 1480. The summed E-state index contributed by atoms with van der Waals surface area (Å²) in [5, 5.41) is 4.33. The Morgan fingerprint density at radius 1 is 1.03 bits per heavy atom. The fraction of sp³-hybridized carbons (Fsp3) is 0.0833. The normalized spacial score (nSPS) is 11.8. The predicted molar refractivity (Wildman–Crippen MR) is 133 cm³/mol. The molecule has 0 saturated heterocycles. The third kappa shape index (κ3) is 5.69. The van der Waals surface area contributed by atoms with Crippen molar-refractivity contribution in [3.63, 3.8) is 0 Å². The Labute approximate surface area is 214 Å². The molecule has 3 aromatic carbocycles. The number of nitrogens with zero attached hydrogens (tertiary/aromatic N) is 2. The highest BCUT2D eigenvalue weighted by molar-refractivity contribution is 7.93. The molecule has 1 heterocycles. The number of rotatable bonds is 7. The standard InChI is InChI=1S/C24H17ClF3N3O3S2/c25-20-10-9-17(22(32)30-23-29-11-12-35-23)13-21(20)36(33,34)31(15-16-5-2-1-3-6-16)19-8-4-7-18(14-19)24(26,27)28/h1-14H,15H2,(H,29,30,32). The Morgan fingerprint density at radius 3 is 2.44 bits per heavy atom. The maximum atomic E-state index is 13.8. The number of amides is 1. The van der Waals surface area contributed by atoms with Crippen LogP contribution in [0.25, 0.3) is 0 Å². The van der Waals surface area contributed by atoms with Gasteiger partial charge in [0.25, 0.3) is 15.9 Å². The highest BCUT2D eigenvalue weighted by Gasteiger charge is 2.33. The number of nitrogens with one attached hydrogen (secondary N) is 1. The summed E-state index contributed by atoms with van der Waals surface area (Å²) in [4.78, 5) is 16.2. The van der Waals surface area contributed by atoms with Gasteiger partial charge in [-0.1, -0.05) is 48.0 Å². The molecular formula is C24H17ClF3N3O3S2. The van der Waals surface area contributed by atoms with Crippen LogP contribution in [-0.4, -0.2) is 19.3 Å². The largest absolute Gasteiger partial charge is 0.416 e. The summed E-state index contributed by atoms with van der Waals surface area (Å²) in [5.41, 5.74) is -0.692. The van der Waals surface area contributed by atoms with Gasteiger partial charge in [0.05, 0.1) is 22.8 Å². The van der Waals surface area contributed by atoms with Gasteiger partial charge in [-0.3, -0.25) is 14.4 Å². The highest BCUT2D eigenvalue weighted by Crippen LogP contribution is 2.35. The average Bonchev–Trinajstić information content (AvgIpc) is 3.36. The number of benzene rings is 3. The van der Waals surface area contributed by atoms with Crippen molar-refractivity contribution in [2.75, 3.05) is 9.62 Å². The first-order chi connectivity index (χ1) is 17.1. The predicted octanol–water partition coefficient (Wildman–Crippen LogP) is 6.46. The van der Waals surface area contributed by atoms with Gasteiger partial charge in [0.1, 0.15) is 4.90 Å². The van der Waals surface area contributed by atoms with Crippen molar-refractivity contribution in [3.8, 4) is 0 Å². The van der Waals surface area contributed by atoms with E-state index in [1.165, 1.54) is 35.7 Å². The van der Waals surface area contributed by atoms with E-state index in [-0.39, 0.29) is 22.8 Å². The fourth-order valence-corrected chi connectivity index (χ4v) is 5.79. The van der Waals surface area contributed by atoms with Gasteiger partial charge in [-0.05, 0) is 42.0 Å². The van der Waals surface area contributed by atoms with Crippen LogP contribution in [0.15, 0.2) is 89.3 Å². The summed E-state index contributed by atoms with van der Waals surface area (Å²) in [5.74, 6) is -0.619. The molecule has 186 valence electrons. The minimum absolute atomic E-state index is 0.0168. The molecule has 12 heteroatoms. The zero-order valence-electron chi connectivity index (χ0n) is 18.2. The summed E-state index contributed by atoms with van der Waals surface area (Å²) in [6, 6.07) is 16.1. The van der Waals surface area contributed by atoms with Crippen LogP contribution in [-0.2, 0) is 22.7 Å². The lowest BCUT2D eigenvalue weighted by atomic mass is 10.2. The molecule has 0 fully saturated rings. The van der Waals surface area contributed by atoms with Crippen LogP contribution in [0.2, 0.25) is 5.02 Å². The van der Waals surface area contributed by atoms with Gasteiger partial charge < -0.3 is 0 Å². The molecule has 1 aromatic heterocycles. The zero-order chi connectivity index (χ0) is 25.9. The van der Waals surface area contributed by atoms with Crippen LogP contribution >= 0.6 is 22.9 Å². The van der Waals surface area contributed by atoms with Crippen LogP contribution in [0.1, 0.15) is 21.5 Å². The van der Waals surface area contributed by atoms with Crippen molar-refractivity contribution in [2.24, 2.45) is 0 Å². The molecule has 36 heavy (non-hydrogen) atoms. The molecule has 0 aliphatic rings. The van der Waals surface area contributed by atoms with Crippen molar-refractivity contribution in [1.29, 1.82) is 0 Å². The summed E-state index contributed by atoms with van der Waals surface area (Å²) in [7, 11) is -4.52. The Hall–Kier alpha value is -3.41. The molecule has 0 spiro atoms. The lowest BCUT2D eigenvalue weighted by Crippen LogP contribution is -2.31. The maximum Gasteiger partial charge on any atom is 0.416 e. The summed E-state index contributed by atoms with van der Waals surface area (Å²) >= 11 is 7.42. The molecule has 0 saturated carbocycles.